The number of halogens is 1. The van der Waals surface area contributed by atoms with Gasteiger partial charge in [-0.15, -0.1) is 0 Å². The van der Waals surface area contributed by atoms with Crippen LogP contribution in [0.3, 0.4) is 0 Å². The summed E-state index contributed by atoms with van der Waals surface area (Å²) < 4.78 is 29.1. The molecule has 208 valence electrons. The highest BCUT2D eigenvalue weighted by Crippen LogP contribution is 2.44. The number of anilines is 3. The first-order valence-corrected chi connectivity index (χ1v) is 13.4. The molecule has 0 atom stereocenters. The Kier molecular flexibility index (Phi) is 6.65. The lowest BCUT2D eigenvalue weighted by Crippen LogP contribution is -2.48. The summed E-state index contributed by atoms with van der Waals surface area (Å²) in [6, 6.07) is 7.60. The van der Waals surface area contributed by atoms with Gasteiger partial charge in [-0.2, -0.15) is 0 Å². The minimum absolute atomic E-state index is 0.0724. The number of carbonyl (C=O) groups is 1. The van der Waals surface area contributed by atoms with Crippen molar-refractivity contribution in [3.05, 3.63) is 48.2 Å². The Morgan fingerprint density at radius 2 is 1.80 bits per heavy atom. The Bertz CT molecular complexity index is 1590. The third-order valence-electron chi connectivity index (χ3n) is 7.63. The molecule has 2 aliphatic rings. The monoisotopic (exact) mass is 545 g/mol. The smallest absolute Gasteiger partial charge is 0.228 e. The number of hydrogen-bond acceptors (Lipinski definition) is 8. The third kappa shape index (κ3) is 4.76. The van der Waals surface area contributed by atoms with Gasteiger partial charge in [-0.05, 0) is 25.0 Å². The molecule has 1 amide bonds. The Morgan fingerprint density at radius 1 is 1.05 bits per heavy atom. The zero-order valence-corrected chi connectivity index (χ0v) is 23.1. The molecular weight excluding hydrogens is 513 g/mol. The van der Waals surface area contributed by atoms with E-state index in [1.807, 2.05) is 47.0 Å². The number of nitrogens with one attached hydrogen (secondary N) is 1. The number of fused-ring (bicyclic) bond motifs is 1. The second kappa shape index (κ2) is 10.3. The molecule has 2 fully saturated rings. The summed E-state index contributed by atoms with van der Waals surface area (Å²) in [5.74, 6) is 1.22. The molecule has 40 heavy (non-hydrogen) atoms. The number of pyridine rings is 1. The van der Waals surface area contributed by atoms with Gasteiger partial charge in [-0.25, -0.2) is 19.3 Å². The van der Waals surface area contributed by atoms with E-state index < -0.39 is 5.82 Å². The van der Waals surface area contributed by atoms with Crippen molar-refractivity contribution >= 4 is 34.3 Å². The topological polar surface area (TPSA) is 97.6 Å². The number of methoxy groups -OCH3 is 2. The molecule has 1 N–H and O–H groups in total. The molecular formula is C29H32FN7O3. The number of aromatic nitrogens is 4. The van der Waals surface area contributed by atoms with Gasteiger partial charge in [0, 0.05) is 81.5 Å². The van der Waals surface area contributed by atoms with Crippen LogP contribution in [0.1, 0.15) is 31.4 Å². The van der Waals surface area contributed by atoms with Crippen molar-refractivity contribution in [2.24, 2.45) is 7.05 Å². The van der Waals surface area contributed by atoms with Crippen molar-refractivity contribution < 1.29 is 18.7 Å². The van der Waals surface area contributed by atoms with Crippen LogP contribution in [-0.4, -0.2) is 70.7 Å². The molecule has 1 aliphatic heterocycles. The van der Waals surface area contributed by atoms with Crippen LogP contribution in [0.15, 0.2) is 36.7 Å². The molecule has 3 aromatic heterocycles. The number of rotatable bonds is 7. The maximum Gasteiger partial charge on any atom is 0.228 e. The molecule has 1 aromatic carbocycles. The van der Waals surface area contributed by atoms with Crippen LogP contribution >= 0.6 is 0 Å². The highest BCUT2D eigenvalue weighted by Gasteiger charge is 2.31. The van der Waals surface area contributed by atoms with Gasteiger partial charge in [0.25, 0.3) is 0 Å². The summed E-state index contributed by atoms with van der Waals surface area (Å²) in [6.45, 7) is 4.23. The van der Waals surface area contributed by atoms with Crippen molar-refractivity contribution in [2.45, 2.75) is 25.7 Å². The quantitative estimate of drug-likeness (QED) is 0.363. The minimum Gasteiger partial charge on any atom is -0.494 e. The van der Waals surface area contributed by atoms with E-state index in [2.05, 4.69) is 25.2 Å². The van der Waals surface area contributed by atoms with Crippen LogP contribution in [0.2, 0.25) is 0 Å². The maximum absolute atomic E-state index is 15.7. The molecule has 1 aliphatic carbocycles. The van der Waals surface area contributed by atoms with Gasteiger partial charge in [-0.3, -0.25) is 4.79 Å². The molecule has 11 heteroatoms. The van der Waals surface area contributed by atoms with E-state index in [9.17, 15) is 4.79 Å². The van der Waals surface area contributed by atoms with E-state index in [0.717, 1.165) is 29.6 Å². The van der Waals surface area contributed by atoms with Crippen molar-refractivity contribution in [1.82, 2.24) is 24.4 Å². The normalized spacial score (nSPS) is 15.4. The molecule has 0 radical (unpaired) electrons. The van der Waals surface area contributed by atoms with E-state index in [0.29, 0.717) is 54.6 Å². The number of aryl methyl sites for hydroxylation is 1. The van der Waals surface area contributed by atoms with Crippen LogP contribution in [0, 0.1) is 5.82 Å². The molecule has 1 saturated heterocycles. The van der Waals surface area contributed by atoms with Gasteiger partial charge in [0.1, 0.15) is 22.8 Å². The standard InChI is InChI=1S/C29H32FN7O3/c1-17(38)36-9-11-37(12-10-36)22-15-23(39-3)21(14-24(22)40-4)32-29-33-26(18-5-6-18)25(30)27(34-29)20-13-19-7-8-35(2)28(19)31-16-20/h7-8,13-16,18H,5-6,9-12H2,1-4H3,(H,32,33,34). The number of piperazine rings is 1. The first kappa shape index (κ1) is 25.8. The molecule has 0 spiro atoms. The average Bonchev–Trinajstić information content (AvgIpc) is 3.75. The number of benzene rings is 1. The molecule has 10 nitrogen and oxygen atoms in total. The fourth-order valence-electron chi connectivity index (χ4n) is 5.23. The number of hydrogen-bond donors (Lipinski definition) is 1. The molecule has 4 aromatic rings. The number of carbonyl (C=O) groups excluding carboxylic acids is 1. The Labute approximate surface area is 231 Å². The Hall–Kier alpha value is -4.41. The second-order valence-electron chi connectivity index (χ2n) is 10.3. The zero-order chi connectivity index (χ0) is 28.0. The SMILES string of the molecule is COc1cc(N2CCN(C(C)=O)CC2)c(OC)cc1Nc1nc(-c2cnc3c(ccn3C)c2)c(F)c(C2CC2)n1. The molecule has 4 heterocycles. The fraction of sp³-hybridized carbons (Fsp3) is 0.379. The summed E-state index contributed by atoms with van der Waals surface area (Å²) in [4.78, 5) is 29.5. The minimum atomic E-state index is -0.408. The Morgan fingerprint density at radius 3 is 2.48 bits per heavy atom. The number of nitrogens with zero attached hydrogens (tertiary/aromatic N) is 6. The summed E-state index contributed by atoms with van der Waals surface area (Å²) in [7, 11) is 5.13. The van der Waals surface area contributed by atoms with Crippen molar-refractivity contribution in [3.8, 4) is 22.8 Å². The van der Waals surface area contributed by atoms with E-state index in [1.54, 1.807) is 27.3 Å². The van der Waals surface area contributed by atoms with Gasteiger partial charge >= 0.3 is 0 Å². The largest absolute Gasteiger partial charge is 0.494 e. The highest BCUT2D eigenvalue weighted by atomic mass is 19.1. The third-order valence-corrected chi connectivity index (χ3v) is 7.63. The molecule has 6 rings (SSSR count). The van der Waals surface area contributed by atoms with Gasteiger partial charge in [-0.1, -0.05) is 0 Å². The average molecular weight is 546 g/mol. The fourth-order valence-corrected chi connectivity index (χ4v) is 5.23. The second-order valence-corrected chi connectivity index (χ2v) is 10.3. The van der Waals surface area contributed by atoms with E-state index in [4.69, 9.17) is 9.47 Å². The summed E-state index contributed by atoms with van der Waals surface area (Å²) in [5.41, 5.74) is 3.50. The lowest BCUT2D eigenvalue weighted by Gasteiger charge is -2.36. The van der Waals surface area contributed by atoms with Crippen LogP contribution in [-0.2, 0) is 11.8 Å². The highest BCUT2D eigenvalue weighted by molar-refractivity contribution is 5.82. The van der Waals surface area contributed by atoms with E-state index in [-0.39, 0.29) is 23.5 Å². The molecule has 0 unspecified atom stereocenters. The van der Waals surface area contributed by atoms with Crippen molar-refractivity contribution in [1.29, 1.82) is 0 Å². The molecule has 0 bridgehead atoms. The Balaban J connectivity index is 1.36. The summed E-state index contributed by atoms with van der Waals surface area (Å²) in [5, 5.41) is 4.17. The lowest BCUT2D eigenvalue weighted by molar-refractivity contribution is -0.129. The van der Waals surface area contributed by atoms with Gasteiger partial charge in [0.15, 0.2) is 5.82 Å². The number of ether oxygens (including phenoxy) is 2. The maximum atomic E-state index is 15.7. The summed E-state index contributed by atoms with van der Waals surface area (Å²) in [6.07, 6.45) is 5.36. The van der Waals surface area contributed by atoms with Gasteiger partial charge in [0.2, 0.25) is 11.9 Å². The first-order chi connectivity index (χ1) is 19.4. The van der Waals surface area contributed by atoms with Crippen LogP contribution < -0.4 is 19.7 Å². The van der Waals surface area contributed by atoms with Crippen LogP contribution in [0.4, 0.5) is 21.7 Å². The van der Waals surface area contributed by atoms with Crippen LogP contribution in [0.5, 0.6) is 11.5 Å². The van der Waals surface area contributed by atoms with Crippen molar-refractivity contribution in [3.63, 3.8) is 0 Å². The predicted octanol–water partition coefficient (Wildman–Crippen LogP) is 4.48. The lowest BCUT2D eigenvalue weighted by atomic mass is 10.1. The summed E-state index contributed by atoms with van der Waals surface area (Å²) >= 11 is 0. The van der Waals surface area contributed by atoms with E-state index in [1.165, 1.54) is 0 Å². The van der Waals surface area contributed by atoms with Gasteiger partial charge in [0.05, 0.1) is 31.3 Å². The predicted molar refractivity (Wildman–Crippen MR) is 151 cm³/mol. The van der Waals surface area contributed by atoms with Crippen LogP contribution in [0.25, 0.3) is 22.3 Å². The van der Waals surface area contributed by atoms with Crippen molar-refractivity contribution in [2.75, 3.05) is 50.6 Å². The zero-order valence-electron chi connectivity index (χ0n) is 23.1. The number of amides is 1. The van der Waals surface area contributed by atoms with E-state index >= 15 is 4.39 Å². The molecule has 1 saturated carbocycles. The van der Waals surface area contributed by atoms with Gasteiger partial charge < -0.3 is 29.2 Å². The first-order valence-electron chi connectivity index (χ1n) is 13.4.